The van der Waals surface area contributed by atoms with Crippen LogP contribution in [0, 0.1) is 0 Å². The number of esters is 2. The van der Waals surface area contributed by atoms with E-state index < -0.39 is 0 Å². The molecule has 0 atom stereocenters. The monoisotopic (exact) mass is 683 g/mol. The Morgan fingerprint density at radius 3 is 1.70 bits per heavy atom. The van der Waals surface area contributed by atoms with Gasteiger partial charge in [0.15, 0.2) is 0 Å². The molecule has 0 aliphatic rings. The van der Waals surface area contributed by atoms with Gasteiger partial charge in [-0.25, -0.2) is 0 Å². The standard InChI is InChI=1S/C39H74N2O5S/c1-4-7-10-13-14-17-26-34-45-37(42)29-22-18-24-32-41(39(44)47-35-31-40)33-25-19-23-30-38(43)46-36(27-20-15-11-8-5-2)28-21-16-12-9-6-3/h17,26,36H,4-16,18-25,27-35,40H2,1-3H3/b26-17-. The van der Waals surface area contributed by atoms with Gasteiger partial charge in [0.2, 0.25) is 0 Å². The summed E-state index contributed by atoms with van der Waals surface area (Å²) in [6, 6.07) is 0. The zero-order valence-corrected chi connectivity index (χ0v) is 31.7. The van der Waals surface area contributed by atoms with Crippen LogP contribution in [-0.4, -0.2) is 60.2 Å². The maximum atomic E-state index is 12.8. The Morgan fingerprint density at radius 1 is 0.638 bits per heavy atom. The highest BCUT2D eigenvalue weighted by Gasteiger charge is 2.16. The fourth-order valence-electron chi connectivity index (χ4n) is 5.58. The van der Waals surface area contributed by atoms with Gasteiger partial charge in [-0.05, 0) is 64.2 Å². The molecule has 276 valence electrons. The number of unbranched alkanes of at least 4 members (excludes halogenated alkanes) is 16. The van der Waals surface area contributed by atoms with Crippen LogP contribution in [-0.2, 0) is 19.1 Å². The van der Waals surface area contributed by atoms with Gasteiger partial charge in [-0.15, -0.1) is 0 Å². The van der Waals surface area contributed by atoms with Crippen molar-refractivity contribution in [1.29, 1.82) is 0 Å². The zero-order chi connectivity index (χ0) is 34.6. The molecule has 0 bridgehead atoms. The molecule has 0 aliphatic heterocycles. The van der Waals surface area contributed by atoms with Crippen LogP contribution in [0.2, 0.25) is 0 Å². The van der Waals surface area contributed by atoms with Gasteiger partial charge in [-0.1, -0.05) is 128 Å². The number of carbonyl (C=O) groups excluding carboxylic acids is 3. The SMILES string of the molecule is CCCCCC/C=C\COC(=O)CCCCCN(CCCCCC(=O)OC(CCCCCCC)CCCCCCC)C(=O)SCCN. The van der Waals surface area contributed by atoms with Crippen LogP contribution < -0.4 is 5.73 Å². The number of hydrogen-bond acceptors (Lipinski definition) is 7. The molecule has 47 heavy (non-hydrogen) atoms. The lowest BCUT2D eigenvalue weighted by Gasteiger charge is -2.22. The van der Waals surface area contributed by atoms with Crippen molar-refractivity contribution >= 4 is 28.9 Å². The highest BCUT2D eigenvalue weighted by Crippen LogP contribution is 2.18. The molecule has 0 aromatic heterocycles. The van der Waals surface area contributed by atoms with E-state index in [-0.39, 0.29) is 23.3 Å². The summed E-state index contributed by atoms with van der Waals surface area (Å²) in [5.74, 6) is 0.384. The van der Waals surface area contributed by atoms with Gasteiger partial charge in [0.05, 0.1) is 0 Å². The zero-order valence-electron chi connectivity index (χ0n) is 30.9. The molecule has 0 unspecified atom stereocenters. The molecule has 0 radical (unpaired) electrons. The number of nitrogens with zero attached hydrogens (tertiary/aromatic N) is 1. The van der Waals surface area contributed by atoms with Gasteiger partial charge in [0.1, 0.15) is 12.7 Å². The van der Waals surface area contributed by atoms with Crippen molar-refractivity contribution in [1.82, 2.24) is 4.90 Å². The third-order valence-electron chi connectivity index (χ3n) is 8.51. The Labute approximate surface area is 294 Å². The molecule has 0 fully saturated rings. The first-order valence-corrected chi connectivity index (χ1v) is 20.6. The van der Waals surface area contributed by atoms with Crippen LogP contribution in [0.1, 0.15) is 181 Å². The predicted molar refractivity (Wildman–Crippen MR) is 201 cm³/mol. The van der Waals surface area contributed by atoms with Crippen LogP contribution in [0.15, 0.2) is 12.2 Å². The minimum atomic E-state index is -0.157. The van der Waals surface area contributed by atoms with Crippen molar-refractivity contribution in [3.05, 3.63) is 12.2 Å². The fourth-order valence-corrected chi connectivity index (χ4v) is 6.23. The summed E-state index contributed by atoms with van der Waals surface area (Å²) in [7, 11) is 0. The van der Waals surface area contributed by atoms with Gasteiger partial charge in [-0.3, -0.25) is 14.4 Å². The van der Waals surface area contributed by atoms with E-state index in [1.165, 1.54) is 88.8 Å². The average molecular weight is 683 g/mol. The van der Waals surface area contributed by atoms with Crippen molar-refractivity contribution in [3.63, 3.8) is 0 Å². The van der Waals surface area contributed by atoms with Crippen molar-refractivity contribution in [2.45, 2.75) is 187 Å². The van der Waals surface area contributed by atoms with Crippen molar-refractivity contribution in [3.8, 4) is 0 Å². The molecule has 0 aromatic carbocycles. The molecule has 7 nitrogen and oxygen atoms in total. The van der Waals surface area contributed by atoms with Crippen LogP contribution in [0.4, 0.5) is 4.79 Å². The van der Waals surface area contributed by atoms with E-state index in [1.807, 2.05) is 11.0 Å². The second kappa shape index (κ2) is 35.8. The van der Waals surface area contributed by atoms with Crippen molar-refractivity contribution in [2.24, 2.45) is 5.73 Å². The first kappa shape index (κ1) is 45.5. The highest BCUT2D eigenvalue weighted by molar-refractivity contribution is 8.13. The third-order valence-corrected chi connectivity index (χ3v) is 9.45. The Morgan fingerprint density at radius 2 is 1.15 bits per heavy atom. The minimum absolute atomic E-state index is 0.0576. The maximum absolute atomic E-state index is 12.8. The molecular formula is C39H74N2O5S. The molecule has 0 aromatic rings. The molecule has 0 heterocycles. The number of rotatable bonds is 34. The summed E-state index contributed by atoms with van der Waals surface area (Å²) >= 11 is 1.28. The lowest BCUT2D eigenvalue weighted by Crippen LogP contribution is -2.30. The van der Waals surface area contributed by atoms with E-state index in [0.717, 1.165) is 70.6 Å². The molecule has 0 saturated heterocycles. The van der Waals surface area contributed by atoms with E-state index in [9.17, 15) is 14.4 Å². The Kier molecular flexibility index (Phi) is 34.6. The topological polar surface area (TPSA) is 98.9 Å². The Bertz CT molecular complexity index is 750. The Balaban J connectivity index is 4.36. The van der Waals surface area contributed by atoms with E-state index in [1.54, 1.807) is 0 Å². The van der Waals surface area contributed by atoms with E-state index >= 15 is 0 Å². The maximum Gasteiger partial charge on any atom is 0.306 e. The van der Waals surface area contributed by atoms with Crippen molar-refractivity contribution in [2.75, 3.05) is 32.0 Å². The van der Waals surface area contributed by atoms with Gasteiger partial charge in [-0.2, -0.15) is 0 Å². The normalized spacial score (nSPS) is 11.4. The van der Waals surface area contributed by atoms with Crippen LogP contribution in [0.3, 0.4) is 0 Å². The van der Waals surface area contributed by atoms with Gasteiger partial charge < -0.3 is 20.1 Å². The molecule has 1 amide bonds. The minimum Gasteiger partial charge on any atom is -0.462 e. The summed E-state index contributed by atoms with van der Waals surface area (Å²) in [5.41, 5.74) is 5.63. The van der Waals surface area contributed by atoms with E-state index in [4.69, 9.17) is 15.2 Å². The quantitative estimate of drug-likeness (QED) is 0.0409. The largest absolute Gasteiger partial charge is 0.462 e. The summed E-state index contributed by atoms with van der Waals surface area (Å²) in [6.07, 6.45) is 30.3. The highest BCUT2D eigenvalue weighted by atomic mass is 32.2. The number of allylic oxidation sites excluding steroid dienone is 1. The predicted octanol–water partition coefficient (Wildman–Crippen LogP) is 10.9. The fraction of sp³-hybridized carbons (Fsp3) is 0.872. The van der Waals surface area contributed by atoms with Gasteiger partial charge in [0, 0.05) is 38.2 Å². The van der Waals surface area contributed by atoms with E-state index in [0.29, 0.717) is 44.8 Å². The third kappa shape index (κ3) is 31.5. The second-order valence-electron chi connectivity index (χ2n) is 13.0. The Hall–Kier alpha value is -1.54. The number of hydrogen-bond donors (Lipinski definition) is 1. The number of amides is 1. The number of nitrogens with two attached hydrogens (primary N) is 1. The summed E-state index contributed by atoms with van der Waals surface area (Å²) in [6.45, 7) is 8.85. The molecule has 2 N–H and O–H groups in total. The first-order chi connectivity index (χ1) is 23.0. The molecular weight excluding hydrogens is 609 g/mol. The van der Waals surface area contributed by atoms with Gasteiger partial charge >= 0.3 is 11.9 Å². The average Bonchev–Trinajstić information content (AvgIpc) is 3.06. The van der Waals surface area contributed by atoms with Crippen LogP contribution in [0.5, 0.6) is 0 Å². The van der Waals surface area contributed by atoms with Crippen molar-refractivity contribution < 1.29 is 23.9 Å². The number of carbonyl (C=O) groups is 3. The van der Waals surface area contributed by atoms with Gasteiger partial charge in [0.25, 0.3) is 5.24 Å². The summed E-state index contributed by atoms with van der Waals surface area (Å²) < 4.78 is 11.3. The smallest absolute Gasteiger partial charge is 0.306 e. The van der Waals surface area contributed by atoms with Crippen LogP contribution in [0.25, 0.3) is 0 Å². The lowest BCUT2D eigenvalue weighted by molar-refractivity contribution is -0.150. The summed E-state index contributed by atoms with van der Waals surface area (Å²) in [5, 5.41) is 0.0662. The lowest BCUT2D eigenvalue weighted by atomic mass is 10.0. The molecule has 0 spiro atoms. The second-order valence-corrected chi connectivity index (χ2v) is 14.1. The number of thioether (sulfide) groups is 1. The molecule has 0 rings (SSSR count). The summed E-state index contributed by atoms with van der Waals surface area (Å²) in [4.78, 5) is 39.4. The molecule has 8 heteroatoms. The van der Waals surface area contributed by atoms with Crippen LogP contribution >= 0.6 is 11.8 Å². The molecule has 0 saturated carbocycles. The van der Waals surface area contributed by atoms with E-state index in [2.05, 4.69) is 26.8 Å². The number of ether oxygens (including phenoxy) is 2. The molecule has 0 aliphatic carbocycles. The first-order valence-electron chi connectivity index (χ1n) is 19.6.